The van der Waals surface area contributed by atoms with E-state index in [1.54, 1.807) is 0 Å². The van der Waals surface area contributed by atoms with E-state index in [1.165, 1.54) is 145 Å². The summed E-state index contributed by atoms with van der Waals surface area (Å²) >= 11 is 0. The molecule has 5 nitrogen and oxygen atoms in total. The Morgan fingerprint density at radius 3 is 2.16 bits per heavy atom. The molecule has 6 heterocycles. The topological polar surface area (TPSA) is 24.3 Å². The monoisotopic (exact) mass is 921 g/mol. The second-order valence-electron chi connectivity index (χ2n) is 24.1. The highest BCUT2D eigenvalue weighted by Gasteiger charge is 2.65. The predicted molar refractivity (Wildman–Crippen MR) is 289 cm³/mol. The zero-order chi connectivity index (χ0) is 49.2. The fraction of sp³-hybridized carbons (Fsp3) is 0.354. The van der Waals surface area contributed by atoms with Crippen LogP contribution in [0.2, 0.25) is 0 Å². The summed E-state index contributed by atoms with van der Waals surface area (Å²) in [5, 5.41) is 2.60. The van der Waals surface area contributed by atoms with Crippen molar-refractivity contribution in [3.63, 3.8) is 0 Å². The van der Waals surface area contributed by atoms with E-state index in [-0.39, 0.29) is 22.9 Å². The SMILES string of the molecule is Cc1ccc2c(c1)c1cc3c4c(c1n2-c1cc(C(C)(C)C)cc[n+]1C)C1Cc2c(cc(C(C)C)cc2N4c2ccccc2C3(C)C)C2=[N+]1[C@@H]1c3cc(C)c(C)c(C)c3-c3c(cc(C)c(C)c3C)[C@]1(C)O2. The molecule has 0 saturated carbocycles. The molecular formula is C65H68N4O+2. The van der Waals surface area contributed by atoms with Gasteiger partial charge in [0.25, 0.3) is 5.82 Å². The highest BCUT2D eigenvalue weighted by molar-refractivity contribution is 6.14. The standard InChI is InChI=1S/C65H68N4O/c1-33(2)41-28-46-44-32-54(69-61-47-26-35(4)37(6)39(8)56(47)57-40(9)38(7)36(5)27-49(57)65(61,15)70-62(46)69)58-59-45(31-50-60(58)67(53(44)29-41)52-20-18-17-19-48(52)64(50,13)14)43-25-34(3)21-22-51(43)68(59)55-30-42(63(10,11)12)23-24-66(55)16/h17-31,33,54,61H,32H2,1-16H3/q+2/t54?,61-,65+/m1/s1. The molecule has 1 aliphatic carbocycles. The van der Waals surface area contributed by atoms with Gasteiger partial charge in [-0.2, -0.15) is 9.14 Å². The Kier molecular flexibility index (Phi) is 8.65. The molecule has 0 saturated heterocycles. The van der Waals surface area contributed by atoms with Crippen molar-refractivity contribution < 1.29 is 13.9 Å². The summed E-state index contributed by atoms with van der Waals surface area (Å²) in [7, 11) is 2.23. The van der Waals surface area contributed by atoms with Crippen molar-refractivity contribution in [2.75, 3.05) is 4.90 Å². The Morgan fingerprint density at radius 1 is 0.714 bits per heavy atom. The maximum Gasteiger partial charge on any atom is 0.372 e. The molecule has 6 aromatic carbocycles. The maximum atomic E-state index is 8.10. The lowest BCUT2D eigenvalue weighted by molar-refractivity contribution is -0.665. The van der Waals surface area contributed by atoms with Crippen LogP contribution >= 0.6 is 0 Å². The van der Waals surface area contributed by atoms with E-state index >= 15 is 0 Å². The van der Waals surface area contributed by atoms with Gasteiger partial charge in [0.2, 0.25) is 11.6 Å². The number of para-hydroxylation sites is 1. The van der Waals surface area contributed by atoms with Gasteiger partial charge in [0, 0.05) is 45.4 Å². The Labute approximate surface area is 415 Å². The van der Waals surface area contributed by atoms with Crippen molar-refractivity contribution in [3.8, 4) is 16.9 Å². The van der Waals surface area contributed by atoms with Gasteiger partial charge in [0.15, 0.2) is 11.6 Å². The lowest BCUT2D eigenvalue weighted by Gasteiger charge is -2.43. The second-order valence-corrected chi connectivity index (χ2v) is 24.1. The van der Waals surface area contributed by atoms with E-state index in [0.29, 0.717) is 5.92 Å². The smallest absolute Gasteiger partial charge is 0.372 e. The number of hydrogen-bond donors (Lipinski definition) is 0. The molecule has 0 fully saturated rings. The molecule has 0 amide bonds. The fourth-order valence-electron chi connectivity index (χ4n) is 14.0. The van der Waals surface area contributed by atoms with Gasteiger partial charge in [-0.25, -0.2) is 4.57 Å². The van der Waals surface area contributed by atoms with Gasteiger partial charge in [-0.15, -0.1) is 0 Å². The highest BCUT2D eigenvalue weighted by Crippen LogP contribution is 2.65. The highest BCUT2D eigenvalue weighted by atomic mass is 16.5. The summed E-state index contributed by atoms with van der Waals surface area (Å²) in [5.41, 5.74) is 29.6. The molecular weight excluding hydrogens is 853 g/mol. The van der Waals surface area contributed by atoms with Crippen LogP contribution in [0.25, 0.3) is 38.8 Å². The van der Waals surface area contributed by atoms with Crippen LogP contribution < -0.4 is 9.47 Å². The van der Waals surface area contributed by atoms with Crippen LogP contribution in [0.5, 0.6) is 0 Å². The van der Waals surface area contributed by atoms with Gasteiger partial charge in [0.1, 0.15) is 5.52 Å². The number of rotatable bonds is 2. The van der Waals surface area contributed by atoms with E-state index in [1.807, 2.05) is 0 Å². The number of nitrogens with zero attached hydrogens (tertiary/aromatic N) is 4. The average Bonchev–Trinajstić information content (AvgIpc) is 3.76. The quantitative estimate of drug-likeness (QED) is 0.161. The second kappa shape index (κ2) is 13.9. The zero-order valence-corrected chi connectivity index (χ0v) is 44.3. The van der Waals surface area contributed by atoms with Crippen LogP contribution in [-0.2, 0) is 34.6 Å². The third kappa shape index (κ3) is 5.34. The van der Waals surface area contributed by atoms with Crippen LogP contribution in [-0.4, -0.2) is 15.0 Å². The van der Waals surface area contributed by atoms with Crippen LogP contribution in [0.1, 0.15) is 162 Å². The number of fused-ring (bicyclic) bond motifs is 14. The van der Waals surface area contributed by atoms with E-state index in [2.05, 4.69) is 221 Å². The number of pyridine rings is 1. The van der Waals surface area contributed by atoms with Gasteiger partial charge in [0.05, 0.1) is 41.4 Å². The Hall–Kier alpha value is -6.46. The summed E-state index contributed by atoms with van der Waals surface area (Å²) in [6.07, 6.45) is 3.12. The molecule has 0 N–H and O–H groups in total. The van der Waals surface area contributed by atoms with Crippen LogP contribution in [0.3, 0.4) is 0 Å². The minimum Gasteiger partial charge on any atom is -0.425 e. The predicted octanol–water partition coefficient (Wildman–Crippen LogP) is 15.3. The first-order chi connectivity index (χ1) is 33.1. The van der Waals surface area contributed by atoms with Crippen molar-refractivity contribution >= 4 is 44.8 Å². The van der Waals surface area contributed by atoms with E-state index in [4.69, 9.17) is 4.74 Å². The number of ether oxygens (including phenoxy) is 1. The number of aryl methyl sites for hydroxylation is 4. The van der Waals surface area contributed by atoms with Gasteiger partial charge in [-0.1, -0.05) is 84.4 Å². The van der Waals surface area contributed by atoms with Crippen LogP contribution in [0, 0.1) is 48.5 Å². The van der Waals surface area contributed by atoms with E-state index < -0.39 is 5.60 Å². The lowest BCUT2D eigenvalue weighted by atomic mass is 9.68. The van der Waals surface area contributed by atoms with Crippen molar-refractivity contribution in [3.05, 3.63) is 180 Å². The first-order valence-electron chi connectivity index (χ1n) is 25.9. The van der Waals surface area contributed by atoms with Crippen LogP contribution in [0.15, 0.2) is 91.1 Å². The van der Waals surface area contributed by atoms with Crippen molar-refractivity contribution in [2.45, 2.75) is 145 Å². The maximum absolute atomic E-state index is 8.10. The third-order valence-electron chi connectivity index (χ3n) is 18.4. The first kappa shape index (κ1) is 43.6. The molecule has 70 heavy (non-hydrogen) atoms. The Morgan fingerprint density at radius 2 is 1.43 bits per heavy atom. The minimum atomic E-state index is -0.682. The van der Waals surface area contributed by atoms with Gasteiger partial charge < -0.3 is 9.64 Å². The molecule has 4 aliphatic heterocycles. The number of anilines is 3. The summed E-state index contributed by atoms with van der Waals surface area (Å²) < 4.78 is 15.9. The van der Waals surface area contributed by atoms with Gasteiger partial charge >= 0.3 is 5.90 Å². The number of aromatic nitrogens is 2. The Balaban J connectivity index is 1.26. The number of benzene rings is 6. The first-order valence-corrected chi connectivity index (χ1v) is 25.9. The summed E-state index contributed by atoms with van der Waals surface area (Å²) in [5.74, 6) is 2.49. The van der Waals surface area contributed by atoms with E-state index in [9.17, 15) is 0 Å². The summed E-state index contributed by atoms with van der Waals surface area (Å²) in [6.45, 7) is 35.3. The molecule has 8 aromatic rings. The molecule has 13 rings (SSSR count). The number of hydrogen-bond acceptors (Lipinski definition) is 2. The fourth-order valence-corrected chi connectivity index (χ4v) is 14.0. The molecule has 0 spiro atoms. The largest absolute Gasteiger partial charge is 0.425 e. The minimum absolute atomic E-state index is 0.0426. The molecule has 3 atom stereocenters. The van der Waals surface area contributed by atoms with Gasteiger partial charge in [-0.3, -0.25) is 0 Å². The van der Waals surface area contributed by atoms with Crippen molar-refractivity contribution in [1.82, 2.24) is 4.57 Å². The zero-order valence-electron chi connectivity index (χ0n) is 44.3. The van der Waals surface area contributed by atoms with Gasteiger partial charge in [-0.05, 0) is 182 Å². The molecule has 0 radical (unpaired) electrons. The van der Waals surface area contributed by atoms with Crippen molar-refractivity contribution in [2.24, 2.45) is 7.05 Å². The van der Waals surface area contributed by atoms with E-state index in [0.717, 1.165) is 12.3 Å². The third-order valence-corrected chi connectivity index (χ3v) is 18.4. The molecule has 2 aromatic heterocycles. The normalized spacial score (nSPS) is 20.0. The molecule has 5 heteroatoms. The lowest BCUT2D eigenvalue weighted by Crippen LogP contribution is -2.39. The molecule has 352 valence electrons. The summed E-state index contributed by atoms with van der Waals surface area (Å²) in [6, 6.07) is 33.7. The van der Waals surface area contributed by atoms with Crippen molar-refractivity contribution in [1.29, 1.82) is 0 Å². The molecule has 5 aliphatic rings. The average molecular weight is 921 g/mol. The Bertz CT molecular complexity index is 3770. The molecule has 4 bridgehead atoms. The summed E-state index contributed by atoms with van der Waals surface area (Å²) in [4.78, 5) is 2.72. The molecule has 1 unspecified atom stereocenters. The van der Waals surface area contributed by atoms with Crippen LogP contribution in [0.4, 0.5) is 17.1 Å².